The molecule has 1 amide bonds. The minimum atomic E-state index is -0.246. The van der Waals surface area contributed by atoms with Gasteiger partial charge in [0.2, 0.25) is 0 Å². The molecule has 1 aliphatic carbocycles. The smallest absolute Gasteiger partial charge is 0.254 e. The van der Waals surface area contributed by atoms with E-state index in [1.54, 1.807) is 17.1 Å². The van der Waals surface area contributed by atoms with Crippen LogP contribution in [-0.2, 0) is 19.4 Å². The molecule has 2 heterocycles. The molecule has 0 atom stereocenters. The Balaban J connectivity index is 1.44. The lowest BCUT2D eigenvalue weighted by molar-refractivity contribution is 0.0707. The first-order valence-corrected chi connectivity index (χ1v) is 10.9. The van der Waals surface area contributed by atoms with E-state index in [1.165, 1.54) is 24.5 Å². The maximum Gasteiger partial charge on any atom is 0.254 e. The standard InChI is InChI=1S/C25H26FN3O/c1-2-17-12-20-16-28(21-6-3-4-7-21)25(30)23(20)14-19(17)13-18-8-9-22(15-24(18)26)29-11-5-10-27-29/h5,8-12,14-15,21H,2-4,6-7,13,16H2,1H3. The number of rotatable bonds is 5. The number of aryl methyl sites for hydroxylation is 1. The molecule has 2 aromatic carbocycles. The van der Waals surface area contributed by atoms with Crippen LogP contribution >= 0.6 is 0 Å². The van der Waals surface area contributed by atoms with E-state index < -0.39 is 0 Å². The molecule has 30 heavy (non-hydrogen) atoms. The summed E-state index contributed by atoms with van der Waals surface area (Å²) < 4.78 is 16.5. The van der Waals surface area contributed by atoms with Gasteiger partial charge in [0.15, 0.2) is 0 Å². The van der Waals surface area contributed by atoms with E-state index in [2.05, 4.69) is 23.0 Å². The number of benzene rings is 2. The molecular weight excluding hydrogens is 377 g/mol. The van der Waals surface area contributed by atoms with E-state index in [0.717, 1.165) is 42.5 Å². The summed E-state index contributed by atoms with van der Waals surface area (Å²) in [5.74, 6) is -0.0974. The molecule has 1 aromatic heterocycles. The zero-order valence-corrected chi connectivity index (χ0v) is 17.3. The first kappa shape index (κ1) is 19.0. The predicted molar refractivity (Wildman–Crippen MR) is 114 cm³/mol. The SMILES string of the molecule is CCc1cc2c(cc1Cc1ccc(-n3cccn3)cc1F)C(=O)N(C1CCCC1)C2. The molecule has 5 rings (SSSR count). The fourth-order valence-electron chi connectivity index (χ4n) is 4.93. The van der Waals surface area contributed by atoms with Gasteiger partial charge < -0.3 is 4.90 Å². The molecule has 0 radical (unpaired) electrons. The van der Waals surface area contributed by atoms with Gasteiger partial charge in [-0.3, -0.25) is 4.79 Å². The molecule has 4 nitrogen and oxygen atoms in total. The molecule has 1 saturated carbocycles. The quantitative estimate of drug-likeness (QED) is 0.597. The number of nitrogens with zero attached hydrogens (tertiary/aromatic N) is 3. The Hall–Kier alpha value is -2.95. The van der Waals surface area contributed by atoms with Crippen molar-refractivity contribution in [2.45, 2.75) is 58.0 Å². The molecule has 1 fully saturated rings. The number of halogens is 1. The Morgan fingerprint density at radius 1 is 1.10 bits per heavy atom. The van der Waals surface area contributed by atoms with Crippen LogP contribution in [0.1, 0.15) is 65.2 Å². The average Bonchev–Trinajstić information content (AvgIpc) is 3.51. The molecule has 0 unspecified atom stereocenters. The first-order chi connectivity index (χ1) is 14.6. The Kier molecular flexibility index (Phi) is 4.89. The molecule has 0 saturated heterocycles. The van der Waals surface area contributed by atoms with E-state index in [0.29, 0.717) is 23.7 Å². The van der Waals surface area contributed by atoms with Gasteiger partial charge in [-0.05, 0) is 65.8 Å². The van der Waals surface area contributed by atoms with Crippen molar-refractivity contribution >= 4 is 5.91 Å². The predicted octanol–water partition coefficient (Wildman–Crippen LogP) is 5.06. The zero-order chi connectivity index (χ0) is 20.7. The van der Waals surface area contributed by atoms with Gasteiger partial charge in [-0.2, -0.15) is 5.10 Å². The lowest BCUT2D eigenvalue weighted by Crippen LogP contribution is -2.33. The monoisotopic (exact) mass is 403 g/mol. The highest BCUT2D eigenvalue weighted by molar-refractivity contribution is 5.99. The van der Waals surface area contributed by atoms with E-state index in [4.69, 9.17) is 0 Å². The number of hydrogen-bond donors (Lipinski definition) is 0. The Bertz CT molecular complexity index is 1080. The van der Waals surface area contributed by atoms with E-state index in [-0.39, 0.29) is 11.7 Å². The second-order valence-corrected chi connectivity index (χ2v) is 8.41. The third kappa shape index (κ3) is 3.32. The van der Waals surface area contributed by atoms with Crippen LogP contribution in [0.2, 0.25) is 0 Å². The number of carbonyl (C=O) groups is 1. The third-order valence-corrected chi connectivity index (χ3v) is 6.59. The number of carbonyl (C=O) groups excluding carboxylic acids is 1. The Morgan fingerprint density at radius 2 is 1.93 bits per heavy atom. The van der Waals surface area contributed by atoms with Gasteiger partial charge >= 0.3 is 0 Å². The third-order valence-electron chi connectivity index (χ3n) is 6.59. The fraction of sp³-hybridized carbons (Fsp3) is 0.360. The summed E-state index contributed by atoms with van der Waals surface area (Å²) in [7, 11) is 0. The topological polar surface area (TPSA) is 38.1 Å². The maximum absolute atomic E-state index is 14.9. The Morgan fingerprint density at radius 3 is 2.63 bits per heavy atom. The highest BCUT2D eigenvalue weighted by Gasteiger charge is 2.34. The normalized spacial score (nSPS) is 16.5. The second-order valence-electron chi connectivity index (χ2n) is 8.41. The summed E-state index contributed by atoms with van der Waals surface area (Å²) in [5, 5.41) is 4.16. The maximum atomic E-state index is 14.9. The van der Waals surface area contributed by atoms with Crippen LogP contribution in [0.3, 0.4) is 0 Å². The number of hydrogen-bond acceptors (Lipinski definition) is 2. The summed E-state index contributed by atoms with van der Waals surface area (Å²) in [6.45, 7) is 2.84. The number of amides is 1. The Labute approximate surface area is 176 Å². The zero-order valence-electron chi connectivity index (χ0n) is 17.3. The van der Waals surface area contributed by atoms with Crippen molar-refractivity contribution in [3.8, 4) is 5.69 Å². The highest BCUT2D eigenvalue weighted by atomic mass is 19.1. The lowest BCUT2D eigenvalue weighted by atomic mass is 9.93. The summed E-state index contributed by atoms with van der Waals surface area (Å²) in [5.41, 5.74) is 5.52. The van der Waals surface area contributed by atoms with Crippen LogP contribution in [0.5, 0.6) is 0 Å². The van der Waals surface area contributed by atoms with Crippen LogP contribution < -0.4 is 0 Å². The molecule has 3 aromatic rings. The number of fused-ring (bicyclic) bond motifs is 1. The van der Waals surface area contributed by atoms with Gasteiger partial charge in [0.05, 0.1) is 5.69 Å². The molecule has 0 N–H and O–H groups in total. The van der Waals surface area contributed by atoms with E-state index in [1.807, 2.05) is 24.3 Å². The van der Waals surface area contributed by atoms with E-state index in [9.17, 15) is 9.18 Å². The average molecular weight is 404 g/mol. The minimum absolute atomic E-state index is 0.148. The molecular formula is C25H26FN3O. The molecule has 0 spiro atoms. The largest absolute Gasteiger partial charge is 0.331 e. The lowest BCUT2D eigenvalue weighted by Gasteiger charge is -2.23. The summed E-state index contributed by atoms with van der Waals surface area (Å²) in [6, 6.07) is 11.6. The van der Waals surface area contributed by atoms with Gasteiger partial charge in [-0.1, -0.05) is 31.9 Å². The minimum Gasteiger partial charge on any atom is -0.331 e. The van der Waals surface area contributed by atoms with Crippen LogP contribution in [0, 0.1) is 5.82 Å². The highest BCUT2D eigenvalue weighted by Crippen LogP contribution is 2.34. The van der Waals surface area contributed by atoms with Crippen LogP contribution in [0.15, 0.2) is 48.8 Å². The van der Waals surface area contributed by atoms with Gasteiger partial charge in [0, 0.05) is 37.0 Å². The van der Waals surface area contributed by atoms with Crippen LogP contribution in [0.4, 0.5) is 4.39 Å². The first-order valence-electron chi connectivity index (χ1n) is 10.9. The van der Waals surface area contributed by atoms with Gasteiger partial charge in [0.1, 0.15) is 5.82 Å². The van der Waals surface area contributed by atoms with Crippen molar-refractivity contribution in [3.05, 3.63) is 82.4 Å². The van der Waals surface area contributed by atoms with Gasteiger partial charge in [0.25, 0.3) is 5.91 Å². The van der Waals surface area contributed by atoms with E-state index >= 15 is 0 Å². The fourth-order valence-corrected chi connectivity index (χ4v) is 4.93. The molecule has 5 heteroatoms. The summed E-state index contributed by atoms with van der Waals surface area (Å²) in [6.07, 6.45) is 9.48. The molecule has 1 aliphatic heterocycles. The van der Waals surface area contributed by atoms with Crippen molar-refractivity contribution in [1.29, 1.82) is 0 Å². The molecule has 2 aliphatic rings. The van der Waals surface area contributed by atoms with Crippen LogP contribution in [0.25, 0.3) is 5.69 Å². The second kappa shape index (κ2) is 7.71. The molecule has 154 valence electrons. The van der Waals surface area contributed by atoms with Crippen molar-refractivity contribution in [2.24, 2.45) is 0 Å². The van der Waals surface area contributed by atoms with Crippen LogP contribution in [-0.4, -0.2) is 26.6 Å². The van der Waals surface area contributed by atoms with Crippen molar-refractivity contribution < 1.29 is 9.18 Å². The van der Waals surface area contributed by atoms with Crippen molar-refractivity contribution in [1.82, 2.24) is 14.7 Å². The van der Waals surface area contributed by atoms with Crippen molar-refractivity contribution in [3.63, 3.8) is 0 Å². The number of aromatic nitrogens is 2. The van der Waals surface area contributed by atoms with Gasteiger partial charge in [-0.15, -0.1) is 0 Å². The summed E-state index contributed by atoms with van der Waals surface area (Å²) >= 11 is 0. The summed E-state index contributed by atoms with van der Waals surface area (Å²) in [4.78, 5) is 15.1. The van der Waals surface area contributed by atoms with Crippen molar-refractivity contribution in [2.75, 3.05) is 0 Å². The molecule has 0 bridgehead atoms. The van der Waals surface area contributed by atoms with Gasteiger partial charge in [-0.25, -0.2) is 9.07 Å².